The van der Waals surface area contributed by atoms with Crippen LogP contribution >= 0.6 is 0 Å². The smallest absolute Gasteiger partial charge is 0.246 e. The lowest BCUT2D eigenvalue weighted by molar-refractivity contribution is 1.04. The van der Waals surface area contributed by atoms with Gasteiger partial charge < -0.3 is 0 Å². The summed E-state index contributed by atoms with van der Waals surface area (Å²) in [6, 6.07) is 18.4. The number of benzene rings is 2. The number of hydrogen-bond acceptors (Lipinski definition) is 2. The maximum Gasteiger partial charge on any atom is 0.348 e. The van der Waals surface area contributed by atoms with Gasteiger partial charge in [-0.25, -0.2) is 14.3 Å². The number of aromatic amines is 1. The molecule has 0 spiro atoms. The molecule has 2 aromatic carbocycles. The molecule has 0 saturated heterocycles. The van der Waals surface area contributed by atoms with E-state index in [0.29, 0.717) is 5.65 Å². The average molecular weight is 289 g/mol. The molecule has 0 bridgehead atoms. The molecule has 2 aromatic heterocycles. The molecule has 0 aliphatic heterocycles. The summed E-state index contributed by atoms with van der Waals surface area (Å²) in [5, 5.41) is 7.73. The fourth-order valence-corrected chi connectivity index (χ4v) is 2.91. The second-order valence-corrected chi connectivity index (χ2v) is 5.35. The topological polar surface area (TPSA) is 50.2 Å². The molecule has 4 nitrogen and oxygen atoms in total. The highest BCUT2D eigenvalue weighted by atomic mass is 16.1. The van der Waals surface area contributed by atoms with E-state index < -0.39 is 0 Å². The van der Waals surface area contributed by atoms with Gasteiger partial charge in [-0.05, 0) is 35.2 Å². The van der Waals surface area contributed by atoms with Crippen LogP contribution in [0.3, 0.4) is 0 Å². The minimum absolute atomic E-state index is 0.201. The summed E-state index contributed by atoms with van der Waals surface area (Å²) >= 11 is 0. The van der Waals surface area contributed by atoms with Gasteiger partial charge in [-0.15, -0.1) is 0 Å². The molecule has 0 fully saturated rings. The van der Waals surface area contributed by atoms with E-state index in [2.05, 4.69) is 47.5 Å². The van der Waals surface area contributed by atoms with Crippen LogP contribution in [0.15, 0.2) is 59.4 Å². The van der Waals surface area contributed by atoms with Gasteiger partial charge in [0.25, 0.3) is 0 Å². The second-order valence-electron chi connectivity index (χ2n) is 5.35. The summed E-state index contributed by atoms with van der Waals surface area (Å²) < 4.78 is 1.64. The van der Waals surface area contributed by atoms with Crippen molar-refractivity contribution in [3.63, 3.8) is 0 Å². The van der Waals surface area contributed by atoms with Gasteiger partial charge in [0.2, 0.25) is 0 Å². The lowest BCUT2D eigenvalue weighted by Crippen LogP contribution is -2.10. The Morgan fingerprint density at radius 3 is 2.68 bits per heavy atom. The van der Waals surface area contributed by atoms with Gasteiger partial charge in [-0.1, -0.05) is 49.4 Å². The van der Waals surface area contributed by atoms with Crippen molar-refractivity contribution in [3.05, 3.63) is 70.6 Å². The number of fused-ring (bicyclic) bond motifs is 3. The van der Waals surface area contributed by atoms with Gasteiger partial charge in [0.15, 0.2) is 5.65 Å². The zero-order valence-electron chi connectivity index (χ0n) is 12.2. The normalized spacial score (nSPS) is 11.3. The SMILES string of the molecule is CCc1ccc2c(-c3ccccc3)cc3n[nH]c(=O)n3c2c1. The number of H-pyrrole nitrogens is 1. The number of pyridine rings is 1. The van der Waals surface area contributed by atoms with Gasteiger partial charge >= 0.3 is 5.69 Å². The third-order valence-electron chi connectivity index (χ3n) is 4.06. The summed E-state index contributed by atoms with van der Waals surface area (Å²) in [6.45, 7) is 2.11. The highest BCUT2D eigenvalue weighted by Gasteiger charge is 2.11. The molecule has 4 aromatic rings. The van der Waals surface area contributed by atoms with Crippen LogP contribution < -0.4 is 5.69 Å². The predicted octanol–water partition coefficient (Wildman–Crippen LogP) is 3.41. The molecular weight excluding hydrogens is 274 g/mol. The molecule has 4 heteroatoms. The first-order valence-corrected chi connectivity index (χ1v) is 7.36. The van der Waals surface area contributed by atoms with Gasteiger partial charge in [-0.2, -0.15) is 5.10 Å². The van der Waals surface area contributed by atoms with Gasteiger partial charge in [0.1, 0.15) is 0 Å². The molecule has 108 valence electrons. The van der Waals surface area contributed by atoms with Crippen LogP contribution in [-0.4, -0.2) is 14.6 Å². The van der Waals surface area contributed by atoms with E-state index >= 15 is 0 Å². The van der Waals surface area contributed by atoms with Crippen LogP contribution in [0.2, 0.25) is 0 Å². The molecule has 0 radical (unpaired) electrons. The number of nitrogens with one attached hydrogen (secondary N) is 1. The minimum Gasteiger partial charge on any atom is -0.246 e. The molecule has 0 unspecified atom stereocenters. The number of nitrogens with zero attached hydrogens (tertiary/aromatic N) is 2. The molecule has 0 amide bonds. The Morgan fingerprint density at radius 2 is 1.91 bits per heavy atom. The highest BCUT2D eigenvalue weighted by molar-refractivity contribution is 5.97. The zero-order chi connectivity index (χ0) is 15.1. The molecule has 0 saturated carbocycles. The number of aromatic nitrogens is 3. The number of rotatable bonds is 2. The summed E-state index contributed by atoms with van der Waals surface area (Å²) in [6.07, 6.45) is 0.930. The first-order chi connectivity index (χ1) is 10.8. The van der Waals surface area contributed by atoms with Crippen molar-refractivity contribution in [1.29, 1.82) is 0 Å². The van der Waals surface area contributed by atoms with Crippen LogP contribution in [0.25, 0.3) is 27.7 Å². The highest BCUT2D eigenvalue weighted by Crippen LogP contribution is 2.30. The maximum atomic E-state index is 12.1. The quantitative estimate of drug-likeness (QED) is 0.615. The molecule has 22 heavy (non-hydrogen) atoms. The molecule has 0 aliphatic carbocycles. The fourth-order valence-electron chi connectivity index (χ4n) is 2.91. The zero-order valence-corrected chi connectivity index (χ0v) is 12.2. The van der Waals surface area contributed by atoms with Crippen molar-refractivity contribution in [1.82, 2.24) is 14.6 Å². The maximum absolute atomic E-state index is 12.1. The Labute approximate surface area is 127 Å². The lowest BCUT2D eigenvalue weighted by Gasteiger charge is -2.10. The van der Waals surface area contributed by atoms with Crippen molar-refractivity contribution in [3.8, 4) is 11.1 Å². The Kier molecular flexibility index (Phi) is 2.82. The van der Waals surface area contributed by atoms with E-state index in [4.69, 9.17) is 0 Å². The van der Waals surface area contributed by atoms with E-state index in [-0.39, 0.29) is 5.69 Å². The molecule has 0 atom stereocenters. The molecule has 1 N–H and O–H groups in total. The predicted molar refractivity (Wildman–Crippen MR) is 88.1 cm³/mol. The third kappa shape index (κ3) is 1.84. The first kappa shape index (κ1) is 12.8. The summed E-state index contributed by atoms with van der Waals surface area (Å²) in [5.41, 5.74) is 4.75. The molecular formula is C18H15N3O. The van der Waals surface area contributed by atoms with E-state index in [1.165, 1.54) is 5.56 Å². The van der Waals surface area contributed by atoms with Crippen molar-refractivity contribution < 1.29 is 0 Å². The Balaban J connectivity index is 2.19. The van der Waals surface area contributed by atoms with Gasteiger partial charge in [0, 0.05) is 5.39 Å². The van der Waals surface area contributed by atoms with Crippen LogP contribution in [0.5, 0.6) is 0 Å². The van der Waals surface area contributed by atoms with Crippen LogP contribution in [0, 0.1) is 0 Å². The van der Waals surface area contributed by atoms with Crippen molar-refractivity contribution in [2.24, 2.45) is 0 Å². The Morgan fingerprint density at radius 1 is 1.09 bits per heavy atom. The largest absolute Gasteiger partial charge is 0.348 e. The summed E-state index contributed by atoms with van der Waals surface area (Å²) in [5.74, 6) is 0. The summed E-state index contributed by atoms with van der Waals surface area (Å²) in [7, 11) is 0. The Bertz CT molecular complexity index is 1030. The first-order valence-electron chi connectivity index (χ1n) is 7.36. The van der Waals surface area contributed by atoms with Crippen LogP contribution in [0.4, 0.5) is 0 Å². The Hall–Kier alpha value is -2.88. The van der Waals surface area contributed by atoms with Crippen LogP contribution in [0.1, 0.15) is 12.5 Å². The van der Waals surface area contributed by atoms with E-state index in [0.717, 1.165) is 28.5 Å². The molecule has 4 rings (SSSR count). The second kappa shape index (κ2) is 4.84. The standard InChI is InChI=1S/C18H15N3O/c1-2-12-8-9-14-15(13-6-4-3-5-7-13)11-17-19-20-18(22)21(17)16(14)10-12/h3-11H,2H2,1H3,(H,20,22). The fraction of sp³-hybridized carbons (Fsp3) is 0.111. The van der Waals surface area contributed by atoms with Crippen molar-refractivity contribution in [2.75, 3.05) is 0 Å². The molecule has 2 heterocycles. The number of aryl methyl sites for hydroxylation is 1. The summed E-state index contributed by atoms with van der Waals surface area (Å²) in [4.78, 5) is 12.1. The van der Waals surface area contributed by atoms with E-state index in [9.17, 15) is 4.79 Å². The van der Waals surface area contributed by atoms with Crippen LogP contribution in [-0.2, 0) is 6.42 Å². The van der Waals surface area contributed by atoms with E-state index in [1.807, 2.05) is 24.3 Å². The van der Waals surface area contributed by atoms with Gasteiger partial charge in [-0.3, -0.25) is 0 Å². The van der Waals surface area contributed by atoms with Crippen molar-refractivity contribution in [2.45, 2.75) is 13.3 Å². The monoisotopic (exact) mass is 289 g/mol. The van der Waals surface area contributed by atoms with E-state index in [1.54, 1.807) is 4.40 Å². The average Bonchev–Trinajstić information content (AvgIpc) is 2.95. The third-order valence-corrected chi connectivity index (χ3v) is 4.06. The van der Waals surface area contributed by atoms with Gasteiger partial charge in [0.05, 0.1) is 5.52 Å². The lowest BCUT2D eigenvalue weighted by atomic mass is 9.99. The minimum atomic E-state index is -0.201. The van der Waals surface area contributed by atoms with Crippen molar-refractivity contribution >= 4 is 16.6 Å². The number of hydrogen-bond donors (Lipinski definition) is 1. The molecule has 0 aliphatic rings.